The average Bonchev–Trinajstić information content (AvgIpc) is 2.89. The number of anilines is 1. The lowest BCUT2D eigenvalue weighted by Gasteiger charge is -2.17. The monoisotopic (exact) mass is 497 g/mol. The Morgan fingerprint density at radius 3 is 2.22 bits per heavy atom. The van der Waals surface area contributed by atoms with Crippen molar-refractivity contribution in [2.45, 2.75) is 27.7 Å². The Bertz CT molecular complexity index is 1540. The number of ether oxygens (including phenoxy) is 1. The van der Waals surface area contributed by atoms with Gasteiger partial charge in [0.1, 0.15) is 11.3 Å². The van der Waals surface area contributed by atoms with Gasteiger partial charge < -0.3 is 14.5 Å². The van der Waals surface area contributed by atoms with Gasteiger partial charge in [-0.1, -0.05) is 57.2 Å². The van der Waals surface area contributed by atoms with Gasteiger partial charge in [-0.2, -0.15) is 0 Å². The van der Waals surface area contributed by atoms with Crippen molar-refractivity contribution in [2.75, 3.05) is 11.9 Å². The van der Waals surface area contributed by atoms with E-state index in [9.17, 15) is 19.2 Å². The Labute approximate surface area is 214 Å². The fourth-order valence-electron chi connectivity index (χ4n) is 3.69. The summed E-state index contributed by atoms with van der Waals surface area (Å²) in [4.78, 5) is 50.7. The lowest BCUT2D eigenvalue weighted by Crippen LogP contribution is -2.27. The summed E-state index contributed by atoms with van der Waals surface area (Å²) in [6.45, 7) is 6.60. The van der Waals surface area contributed by atoms with Crippen LogP contribution in [0.4, 0.5) is 5.69 Å². The number of rotatable bonds is 6. The Morgan fingerprint density at radius 2 is 1.57 bits per heavy atom. The van der Waals surface area contributed by atoms with Gasteiger partial charge in [-0.3, -0.25) is 14.4 Å². The number of fused-ring (bicyclic) bond motifs is 1. The van der Waals surface area contributed by atoms with Crippen LogP contribution in [0.2, 0.25) is 0 Å². The molecule has 0 spiro atoms. The zero-order valence-corrected chi connectivity index (χ0v) is 21.1. The molecule has 0 radical (unpaired) electrons. The van der Waals surface area contributed by atoms with Crippen molar-refractivity contribution < 1.29 is 23.5 Å². The van der Waals surface area contributed by atoms with E-state index in [0.717, 1.165) is 0 Å². The van der Waals surface area contributed by atoms with E-state index in [4.69, 9.17) is 9.15 Å². The van der Waals surface area contributed by atoms with Gasteiger partial charge in [-0.05, 0) is 43.3 Å². The first-order valence-corrected chi connectivity index (χ1v) is 11.8. The second-order valence-electron chi connectivity index (χ2n) is 9.71. The summed E-state index contributed by atoms with van der Waals surface area (Å²) in [5.74, 6) is -0.968. The van der Waals surface area contributed by atoms with Crippen molar-refractivity contribution in [1.29, 1.82) is 0 Å². The molecule has 0 aliphatic carbocycles. The highest BCUT2D eigenvalue weighted by atomic mass is 16.5. The van der Waals surface area contributed by atoms with Crippen molar-refractivity contribution in [3.63, 3.8) is 0 Å². The lowest BCUT2D eigenvalue weighted by atomic mass is 9.95. The number of hydrogen-bond donors (Lipinski definition) is 1. The fraction of sp³-hybridized carbons (Fsp3) is 0.200. The van der Waals surface area contributed by atoms with Crippen LogP contribution < -0.4 is 10.7 Å². The number of carbonyl (C=O) groups excluding carboxylic acids is 3. The van der Waals surface area contributed by atoms with Gasteiger partial charge in [0.2, 0.25) is 5.91 Å². The molecule has 0 saturated heterocycles. The Hall–Kier alpha value is -4.52. The minimum atomic E-state index is -0.779. The molecule has 7 nitrogen and oxygen atoms in total. The van der Waals surface area contributed by atoms with Crippen LogP contribution in [0.15, 0.2) is 82.0 Å². The molecule has 0 fully saturated rings. The Kier molecular flexibility index (Phi) is 7.07. The first-order valence-electron chi connectivity index (χ1n) is 11.8. The molecular formula is C30H27NO6. The predicted molar refractivity (Wildman–Crippen MR) is 142 cm³/mol. The number of hydrogen-bond acceptors (Lipinski definition) is 6. The maximum Gasteiger partial charge on any atom is 0.342 e. The Balaban J connectivity index is 1.53. The molecule has 1 N–H and O–H groups in total. The van der Waals surface area contributed by atoms with E-state index in [2.05, 4.69) is 5.32 Å². The van der Waals surface area contributed by atoms with E-state index in [-0.39, 0.29) is 27.9 Å². The van der Waals surface area contributed by atoms with E-state index in [1.165, 1.54) is 6.07 Å². The molecule has 188 valence electrons. The number of carbonyl (C=O) groups is 3. The topological polar surface area (TPSA) is 103 Å². The summed E-state index contributed by atoms with van der Waals surface area (Å²) in [6, 6.07) is 20.1. The van der Waals surface area contributed by atoms with E-state index in [1.807, 2.05) is 30.3 Å². The molecule has 4 aromatic rings. The van der Waals surface area contributed by atoms with Crippen LogP contribution in [-0.4, -0.2) is 24.3 Å². The molecule has 0 bridgehead atoms. The second kappa shape index (κ2) is 10.2. The number of Topliss-reactive ketones (excluding diaryl/α,β-unsaturated/α-hetero) is 1. The molecule has 1 amide bonds. The molecule has 1 heterocycles. The van der Waals surface area contributed by atoms with Crippen LogP contribution in [0.3, 0.4) is 0 Å². The van der Waals surface area contributed by atoms with Crippen LogP contribution in [0.1, 0.15) is 47.1 Å². The van der Waals surface area contributed by atoms with Crippen LogP contribution >= 0.6 is 0 Å². The number of ketones is 1. The predicted octanol–water partition coefficient (Wildman–Crippen LogP) is 5.79. The molecule has 7 heteroatoms. The van der Waals surface area contributed by atoms with Gasteiger partial charge in [0.25, 0.3) is 0 Å². The van der Waals surface area contributed by atoms with Gasteiger partial charge in [0.15, 0.2) is 23.4 Å². The first kappa shape index (κ1) is 25.6. The summed E-state index contributed by atoms with van der Waals surface area (Å²) in [6.07, 6.45) is 0. The largest absolute Gasteiger partial charge is 0.455 e. The average molecular weight is 498 g/mol. The highest BCUT2D eigenvalue weighted by molar-refractivity contribution is 6.04. The highest BCUT2D eigenvalue weighted by Gasteiger charge is 2.22. The van der Waals surface area contributed by atoms with Crippen LogP contribution in [-0.2, 0) is 9.53 Å². The van der Waals surface area contributed by atoms with E-state index < -0.39 is 23.8 Å². The van der Waals surface area contributed by atoms with Crippen molar-refractivity contribution in [2.24, 2.45) is 5.41 Å². The molecule has 1 aromatic heterocycles. The van der Waals surface area contributed by atoms with E-state index >= 15 is 0 Å². The molecule has 0 atom stereocenters. The fourth-order valence-corrected chi connectivity index (χ4v) is 3.69. The minimum absolute atomic E-state index is 0.0554. The lowest BCUT2D eigenvalue weighted by molar-refractivity contribution is -0.123. The van der Waals surface area contributed by atoms with Gasteiger partial charge in [0.05, 0.1) is 5.39 Å². The Morgan fingerprint density at radius 1 is 0.892 bits per heavy atom. The van der Waals surface area contributed by atoms with Gasteiger partial charge >= 0.3 is 5.97 Å². The maximum atomic E-state index is 13.0. The van der Waals surface area contributed by atoms with Crippen molar-refractivity contribution in [3.05, 3.63) is 99.7 Å². The SMILES string of the molecule is Cc1c(-c2ccccc2)oc2c(C(=O)OCC(=O)c3ccc(NC(=O)C(C)(C)C)cc3)cccc2c1=O. The minimum Gasteiger partial charge on any atom is -0.455 e. The summed E-state index contributed by atoms with van der Waals surface area (Å²) in [5, 5.41) is 3.05. The normalized spacial score (nSPS) is 11.2. The smallest absolute Gasteiger partial charge is 0.342 e. The van der Waals surface area contributed by atoms with Gasteiger partial charge in [0, 0.05) is 27.8 Å². The molecule has 0 unspecified atom stereocenters. The van der Waals surface area contributed by atoms with Crippen molar-refractivity contribution in [3.8, 4) is 11.3 Å². The second-order valence-corrected chi connectivity index (χ2v) is 9.71. The third-order valence-electron chi connectivity index (χ3n) is 5.88. The summed E-state index contributed by atoms with van der Waals surface area (Å²) in [7, 11) is 0. The quantitative estimate of drug-likeness (QED) is 0.267. The zero-order chi connectivity index (χ0) is 26.7. The maximum absolute atomic E-state index is 13.0. The zero-order valence-electron chi connectivity index (χ0n) is 21.1. The molecule has 3 aromatic carbocycles. The standard InChI is InChI=1S/C30H27NO6/c1-18-25(33)22-11-8-12-23(27(22)37-26(18)20-9-6-5-7-10-20)28(34)36-17-24(32)19-13-15-21(16-14-19)31-29(35)30(2,3)4/h5-16H,17H2,1-4H3,(H,31,35). The number of esters is 1. The van der Waals surface area contributed by atoms with Crippen molar-refractivity contribution >= 4 is 34.3 Å². The van der Waals surface area contributed by atoms with Gasteiger partial charge in [-0.15, -0.1) is 0 Å². The summed E-state index contributed by atoms with van der Waals surface area (Å²) >= 11 is 0. The van der Waals surface area contributed by atoms with Crippen LogP contribution in [0, 0.1) is 12.3 Å². The van der Waals surface area contributed by atoms with Crippen LogP contribution in [0.25, 0.3) is 22.3 Å². The number of benzene rings is 3. The molecule has 4 rings (SSSR count). The van der Waals surface area contributed by atoms with Crippen LogP contribution in [0.5, 0.6) is 0 Å². The first-order chi connectivity index (χ1) is 17.6. The summed E-state index contributed by atoms with van der Waals surface area (Å²) in [5.41, 5.74) is 1.39. The molecule has 37 heavy (non-hydrogen) atoms. The number of amides is 1. The van der Waals surface area contributed by atoms with E-state index in [1.54, 1.807) is 64.1 Å². The molecule has 0 aliphatic heterocycles. The molecule has 0 aliphatic rings. The molecular weight excluding hydrogens is 470 g/mol. The third kappa shape index (κ3) is 5.51. The van der Waals surface area contributed by atoms with E-state index in [0.29, 0.717) is 28.1 Å². The van der Waals surface area contributed by atoms with Crippen molar-refractivity contribution in [1.82, 2.24) is 0 Å². The molecule has 0 saturated carbocycles. The van der Waals surface area contributed by atoms with Gasteiger partial charge in [-0.25, -0.2) is 4.79 Å². The highest BCUT2D eigenvalue weighted by Crippen LogP contribution is 2.27. The summed E-state index contributed by atoms with van der Waals surface area (Å²) < 4.78 is 11.3. The number of nitrogens with one attached hydrogen (secondary N) is 1. The third-order valence-corrected chi connectivity index (χ3v) is 5.88. The number of para-hydroxylation sites is 1.